The van der Waals surface area contributed by atoms with Gasteiger partial charge in [0.05, 0.1) is 23.4 Å². The minimum Gasteiger partial charge on any atom is -0.462 e. The molecule has 3 rings (SSSR count). The van der Waals surface area contributed by atoms with E-state index >= 15 is 0 Å². The average Bonchev–Trinajstić information content (AvgIpc) is 3.03. The number of esters is 1. The van der Waals surface area contributed by atoms with Gasteiger partial charge in [0, 0.05) is 6.54 Å². The van der Waals surface area contributed by atoms with E-state index in [4.69, 9.17) is 18.8 Å². The van der Waals surface area contributed by atoms with Gasteiger partial charge in [0.15, 0.2) is 0 Å². The first-order chi connectivity index (χ1) is 16.5. The van der Waals surface area contributed by atoms with Gasteiger partial charge in [-0.3, -0.25) is 0 Å². The highest BCUT2D eigenvalue weighted by atomic mass is 19.1. The van der Waals surface area contributed by atoms with Gasteiger partial charge < -0.3 is 24.1 Å². The van der Waals surface area contributed by atoms with Crippen molar-refractivity contribution in [3.05, 3.63) is 76.5 Å². The van der Waals surface area contributed by atoms with Crippen molar-refractivity contribution in [1.82, 2.24) is 5.32 Å². The Morgan fingerprint density at radius 2 is 1.69 bits per heavy atom. The van der Waals surface area contributed by atoms with Crippen molar-refractivity contribution in [2.24, 2.45) is 0 Å². The first-order valence-electron chi connectivity index (χ1n) is 11.5. The molecule has 0 atom stereocenters. The molecule has 1 N–H and O–H groups in total. The molecule has 0 saturated carbocycles. The highest BCUT2D eigenvalue weighted by Crippen LogP contribution is 2.38. The minimum absolute atomic E-state index is 0.0521. The van der Waals surface area contributed by atoms with Crippen LogP contribution < -0.4 is 5.32 Å². The Kier molecular flexibility index (Phi) is 8.35. The molecule has 1 fully saturated rings. The first kappa shape index (κ1) is 26.4. The number of amides is 1. The van der Waals surface area contributed by atoms with Gasteiger partial charge in [0.1, 0.15) is 12.4 Å². The summed E-state index contributed by atoms with van der Waals surface area (Å²) in [6.07, 6.45) is 1.09. The van der Waals surface area contributed by atoms with E-state index in [-0.39, 0.29) is 25.3 Å². The molecule has 1 heterocycles. The standard InChI is InChI=1S/C26H31BFNO6/c1-6-32-23(30)21-15-19(12-13-22(21)28)14-20(27-34-25(2,3)26(4,5)35-27)16-29-24(31)33-17-18-10-8-7-9-11-18/h7-15H,6,16-17H2,1-5H3,(H,29,31). The van der Waals surface area contributed by atoms with Crippen LogP contribution in [0.2, 0.25) is 0 Å². The molecule has 1 aliphatic heterocycles. The second-order valence-electron chi connectivity index (χ2n) is 9.18. The third kappa shape index (κ3) is 6.71. The monoisotopic (exact) mass is 483 g/mol. The number of benzene rings is 2. The van der Waals surface area contributed by atoms with Gasteiger partial charge in [-0.1, -0.05) is 42.5 Å². The second kappa shape index (κ2) is 11.1. The van der Waals surface area contributed by atoms with Crippen LogP contribution in [0.1, 0.15) is 56.1 Å². The van der Waals surface area contributed by atoms with E-state index in [1.165, 1.54) is 18.2 Å². The molecule has 9 heteroatoms. The number of alkyl carbamates (subject to hydrolysis) is 1. The number of ether oxygens (including phenoxy) is 2. The summed E-state index contributed by atoms with van der Waals surface area (Å²) < 4.78 is 36.8. The molecule has 0 aliphatic carbocycles. The fraction of sp³-hybridized carbons (Fsp3) is 0.385. The lowest BCUT2D eigenvalue weighted by molar-refractivity contribution is 0.00578. The van der Waals surface area contributed by atoms with Crippen LogP contribution >= 0.6 is 0 Å². The average molecular weight is 483 g/mol. The molecular formula is C26H31BFNO6. The van der Waals surface area contributed by atoms with Crippen molar-refractivity contribution >= 4 is 25.3 Å². The van der Waals surface area contributed by atoms with E-state index in [1.807, 2.05) is 58.0 Å². The largest absolute Gasteiger partial charge is 0.492 e. The summed E-state index contributed by atoms with van der Waals surface area (Å²) >= 11 is 0. The zero-order valence-electron chi connectivity index (χ0n) is 20.7. The van der Waals surface area contributed by atoms with Crippen molar-refractivity contribution < 1.29 is 32.8 Å². The van der Waals surface area contributed by atoms with Gasteiger partial charge in [0.2, 0.25) is 0 Å². The van der Waals surface area contributed by atoms with Crippen LogP contribution in [-0.2, 0) is 25.4 Å². The van der Waals surface area contributed by atoms with Gasteiger partial charge in [-0.2, -0.15) is 0 Å². The highest BCUT2D eigenvalue weighted by Gasteiger charge is 2.52. The van der Waals surface area contributed by atoms with Gasteiger partial charge in [-0.05, 0) is 63.4 Å². The number of rotatable bonds is 8. The minimum atomic E-state index is -0.773. The lowest BCUT2D eigenvalue weighted by Gasteiger charge is -2.32. The lowest BCUT2D eigenvalue weighted by Crippen LogP contribution is -2.41. The maximum absolute atomic E-state index is 14.2. The molecule has 1 saturated heterocycles. The van der Waals surface area contributed by atoms with Crippen molar-refractivity contribution in [3.8, 4) is 0 Å². The first-order valence-corrected chi connectivity index (χ1v) is 11.5. The summed E-state index contributed by atoms with van der Waals surface area (Å²) in [6, 6.07) is 13.4. The molecule has 0 spiro atoms. The van der Waals surface area contributed by atoms with Crippen molar-refractivity contribution in [2.45, 2.75) is 52.4 Å². The lowest BCUT2D eigenvalue weighted by atomic mass is 9.77. The number of hydrogen-bond acceptors (Lipinski definition) is 6. The van der Waals surface area contributed by atoms with Crippen LogP contribution in [-0.4, -0.2) is 43.5 Å². The third-order valence-electron chi connectivity index (χ3n) is 6.04. The number of carbonyl (C=O) groups excluding carboxylic acids is 2. The number of nitrogens with one attached hydrogen (secondary N) is 1. The summed E-state index contributed by atoms with van der Waals surface area (Å²) in [6.45, 7) is 9.64. The van der Waals surface area contributed by atoms with Gasteiger partial charge >= 0.3 is 19.2 Å². The fourth-order valence-corrected chi connectivity index (χ4v) is 3.36. The second-order valence-corrected chi connectivity index (χ2v) is 9.18. The van der Waals surface area contributed by atoms with Crippen LogP contribution in [0.5, 0.6) is 0 Å². The molecule has 186 valence electrons. The summed E-state index contributed by atoms with van der Waals surface area (Å²) in [5.41, 5.74) is 0.569. The molecule has 35 heavy (non-hydrogen) atoms. The Labute approximate surface area is 205 Å². The van der Waals surface area contributed by atoms with Gasteiger partial charge in [-0.15, -0.1) is 0 Å². The summed E-state index contributed by atoms with van der Waals surface area (Å²) in [7, 11) is -0.773. The van der Waals surface area contributed by atoms with Gasteiger partial charge in [-0.25, -0.2) is 14.0 Å². The zero-order chi connectivity index (χ0) is 25.6. The molecule has 0 aromatic heterocycles. The Morgan fingerprint density at radius 3 is 2.31 bits per heavy atom. The smallest absolute Gasteiger partial charge is 0.462 e. The summed E-state index contributed by atoms with van der Waals surface area (Å²) in [5.74, 6) is -1.43. The normalized spacial score (nSPS) is 16.6. The van der Waals surface area contributed by atoms with E-state index in [9.17, 15) is 14.0 Å². The summed E-state index contributed by atoms with van der Waals surface area (Å²) in [5, 5.41) is 2.72. The molecule has 0 bridgehead atoms. The van der Waals surface area contributed by atoms with E-state index in [0.717, 1.165) is 5.56 Å². The van der Waals surface area contributed by atoms with E-state index in [2.05, 4.69) is 5.32 Å². The van der Waals surface area contributed by atoms with Crippen molar-refractivity contribution in [2.75, 3.05) is 13.2 Å². The Morgan fingerprint density at radius 1 is 1.03 bits per heavy atom. The molecule has 7 nitrogen and oxygen atoms in total. The zero-order valence-corrected chi connectivity index (χ0v) is 20.7. The van der Waals surface area contributed by atoms with Crippen LogP contribution in [0.4, 0.5) is 9.18 Å². The molecule has 0 radical (unpaired) electrons. The van der Waals surface area contributed by atoms with Gasteiger partial charge in [0.25, 0.3) is 0 Å². The van der Waals surface area contributed by atoms with Crippen molar-refractivity contribution in [1.29, 1.82) is 0 Å². The maximum atomic E-state index is 14.2. The molecule has 1 aliphatic rings. The Bertz CT molecular complexity index is 1070. The van der Waals surface area contributed by atoms with Crippen LogP contribution in [0.15, 0.2) is 54.0 Å². The molecule has 2 aromatic rings. The molecule has 0 unspecified atom stereocenters. The summed E-state index contributed by atoms with van der Waals surface area (Å²) in [4.78, 5) is 24.5. The topological polar surface area (TPSA) is 83.1 Å². The number of hydrogen-bond donors (Lipinski definition) is 1. The fourth-order valence-electron chi connectivity index (χ4n) is 3.36. The maximum Gasteiger partial charge on any atom is 0.492 e. The SMILES string of the molecule is CCOC(=O)c1cc(C=C(CNC(=O)OCc2ccccc2)B2OC(C)(C)C(C)(C)O2)ccc1F. The van der Waals surface area contributed by atoms with E-state index in [0.29, 0.717) is 11.0 Å². The molecular weight excluding hydrogens is 452 g/mol. The predicted octanol–water partition coefficient (Wildman–Crippen LogP) is 4.94. The van der Waals surface area contributed by atoms with E-state index in [1.54, 1.807) is 13.0 Å². The quantitative estimate of drug-likeness (QED) is 0.423. The third-order valence-corrected chi connectivity index (χ3v) is 6.04. The van der Waals surface area contributed by atoms with Crippen molar-refractivity contribution in [3.63, 3.8) is 0 Å². The predicted molar refractivity (Wildman–Crippen MR) is 131 cm³/mol. The molecule has 2 aromatic carbocycles. The van der Waals surface area contributed by atoms with E-state index < -0.39 is 36.2 Å². The Balaban J connectivity index is 1.81. The van der Waals surface area contributed by atoms with Crippen LogP contribution in [0.25, 0.3) is 6.08 Å². The van der Waals surface area contributed by atoms with Crippen LogP contribution in [0, 0.1) is 5.82 Å². The number of carbonyl (C=O) groups is 2. The highest BCUT2D eigenvalue weighted by molar-refractivity contribution is 6.56. The molecule has 1 amide bonds. The number of halogens is 1. The van der Waals surface area contributed by atoms with Crippen LogP contribution in [0.3, 0.4) is 0 Å². The Hall–Kier alpha value is -3.17.